The minimum atomic E-state index is -0.110. The monoisotopic (exact) mass is 376 g/mol. The molecule has 0 bridgehead atoms. The third-order valence-corrected chi connectivity index (χ3v) is 5.82. The maximum absolute atomic E-state index is 13.2. The average molecular weight is 377 g/mol. The van der Waals surface area contributed by atoms with Crippen LogP contribution >= 0.6 is 0 Å². The molecule has 4 heteroatoms. The van der Waals surface area contributed by atoms with Crippen LogP contribution in [-0.4, -0.2) is 29.3 Å². The van der Waals surface area contributed by atoms with Crippen molar-refractivity contribution in [2.24, 2.45) is 5.92 Å². The lowest BCUT2D eigenvalue weighted by Gasteiger charge is -2.40. The molecule has 4 rings (SSSR count). The van der Waals surface area contributed by atoms with E-state index in [1.807, 2.05) is 35.2 Å². The first kappa shape index (κ1) is 18.7. The van der Waals surface area contributed by atoms with E-state index in [1.54, 1.807) is 0 Å². The van der Waals surface area contributed by atoms with Crippen molar-refractivity contribution in [3.8, 4) is 0 Å². The van der Waals surface area contributed by atoms with E-state index >= 15 is 0 Å². The van der Waals surface area contributed by atoms with E-state index in [-0.39, 0.29) is 23.8 Å². The van der Waals surface area contributed by atoms with Crippen LogP contribution in [-0.2, 0) is 16.0 Å². The smallest absolute Gasteiger partial charge is 0.227 e. The lowest BCUT2D eigenvalue weighted by molar-refractivity contribution is -0.138. The van der Waals surface area contributed by atoms with Crippen LogP contribution in [0.15, 0.2) is 54.6 Å². The number of carbonyl (C=O) groups is 2. The fourth-order valence-electron chi connectivity index (χ4n) is 4.10. The molecule has 4 nitrogen and oxygen atoms in total. The predicted molar refractivity (Wildman–Crippen MR) is 110 cm³/mol. The Morgan fingerprint density at radius 1 is 1.00 bits per heavy atom. The normalized spacial score (nSPS) is 22.0. The number of aryl methyl sites for hydroxylation is 1. The molecule has 1 N–H and O–H groups in total. The van der Waals surface area contributed by atoms with Crippen molar-refractivity contribution in [1.82, 2.24) is 10.2 Å². The summed E-state index contributed by atoms with van der Waals surface area (Å²) in [5.74, 6) is 0.103. The van der Waals surface area contributed by atoms with Gasteiger partial charge in [0.25, 0.3) is 0 Å². The van der Waals surface area contributed by atoms with Crippen molar-refractivity contribution in [2.45, 2.75) is 51.1 Å². The number of likely N-dealkylation sites (tertiary alicyclic amines) is 1. The van der Waals surface area contributed by atoms with E-state index in [9.17, 15) is 9.59 Å². The van der Waals surface area contributed by atoms with Crippen LogP contribution in [0.3, 0.4) is 0 Å². The molecule has 2 amide bonds. The molecular weight excluding hydrogens is 348 g/mol. The molecule has 1 aliphatic carbocycles. The molecule has 2 aliphatic rings. The third kappa shape index (κ3) is 4.44. The van der Waals surface area contributed by atoms with Gasteiger partial charge >= 0.3 is 0 Å². The topological polar surface area (TPSA) is 49.4 Å². The van der Waals surface area contributed by atoms with E-state index in [0.29, 0.717) is 19.0 Å². The van der Waals surface area contributed by atoms with Gasteiger partial charge in [0, 0.05) is 12.6 Å². The molecule has 0 spiro atoms. The fraction of sp³-hybridized carbons (Fsp3) is 0.417. The number of hydrogen-bond donors (Lipinski definition) is 1. The molecule has 1 heterocycles. The molecule has 2 aromatic rings. The van der Waals surface area contributed by atoms with Crippen molar-refractivity contribution in [3.63, 3.8) is 0 Å². The molecule has 0 aromatic heterocycles. The molecule has 1 saturated heterocycles. The Bertz CT molecular complexity index is 845. The Labute approximate surface area is 166 Å². The Morgan fingerprint density at radius 3 is 2.50 bits per heavy atom. The Hall–Kier alpha value is -2.62. The van der Waals surface area contributed by atoms with Gasteiger partial charge in [0.15, 0.2) is 0 Å². The van der Waals surface area contributed by atoms with Gasteiger partial charge in [-0.15, -0.1) is 0 Å². The van der Waals surface area contributed by atoms with Crippen LogP contribution in [0.5, 0.6) is 0 Å². The fourth-order valence-corrected chi connectivity index (χ4v) is 4.10. The van der Waals surface area contributed by atoms with Gasteiger partial charge in [-0.2, -0.15) is 0 Å². The standard InChI is InChI=1S/C24H28N2O2/c1-17-6-5-9-19(14-17)22-13-10-20(24(28)25-21-11-12-21)16-26(22)23(27)15-18-7-3-2-4-8-18/h2-9,14,20-22H,10-13,15-16H2,1H3,(H,25,28)/t20-,22-/m0/s1. The summed E-state index contributed by atoms with van der Waals surface area (Å²) in [6.07, 6.45) is 4.20. The minimum Gasteiger partial charge on any atom is -0.353 e. The lowest BCUT2D eigenvalue weighted by atomic mass is 9.87. The second-order valence-electron chi connectivity index (χ2n) is 8.20. The maximum atomic E-state index is 13.2. The van der Waals surface area contributed by atoms with Crippen LogP contribution in [0.25, 0.3) is 0 Å². The number of nitrogens with one attached hydrogen (secondary N) is 1. The summed E-state index contributed by atoms with van der Waals surface area (Å²) in [6, 6.07) is 18.7. The predicted octanol–water partition coefficient (Wildman–Crippen LogP) is 3.80. The van der Waals surface area contributed by atoms with E-state index < -0.39 is 0 Å². The van der Waals surface area contributed by atoms with Crippen LogP contribution in [0, 0.1) is 12.8 Å². The lowest BCUT2D eigenvalue weighted by Crippen LogP contribution is -2.47. The zero-order valence-corrected chi connectivity index (χ0v) is 16.4. The van der Waals surface area contributed by atoms with Crippen molar-refractivity contribution in [3.05, 3.63) is 71.3 Å². The van der Waals surface area contributed by atoms with Crippen LogP contribution < -0.4 is 5.32 Å². The second-order valence-corrected chi connectivity index (χ2v) is 8.20. The SMILES string of the molecule is Cc1cccc([C@@H]2CC[C@H](C(=O)NC3CC3)CN2C(=O)Cc2ccccc2)c1. The molecule has 2 aromatic carbocycles. The first-order chi connectivity index (χ1) is 13.6. The van der Waals surface area contributed by atoms with E-state index in [4.69, 9.17) is 0 Å². The van der Waals surface area contributed by atoms with Gasteiger partial charge in [0.1, 0.15) is 0 Å². The van der Waals surface area contributed by atoms with Gasteiger partial charge in [-0.25, -0.2) is 0 Å². The first-order valence-electron chi connectivity index (χ1n) is 10.3. The molecule has 0 unspecified atom stereocenters. The van der Waals surface area contributed by atoms with Gasteiger partial charge < -0.3 is 10.2 Å². The number of nitrogens with zero attached hydrogens (tertiary/aromatic N) is 1. The summed E-state index contributed by atoms with van der Waals surface area (Å²) < 4.78 is 0. The van der Waals surface area contributed by atoms with Crippen molar-refractivity contribution >= 4 is 11.8 Å². The summed E-state index contributed by atoms with van der Waals surface area (Å²) in [6.45, 7) is 2.58. The number of hydrogen-bond acceptors (Lipinski definition) is 2. The van der Waals surface area contributed by atoms with Crippen LogP contribution in [0.1, 0.15) is 48.4 Å². The van der Waals surface area contributed by atoms with Gasteiger partial charge in [-0.05, 0) is 43.7 Å². The summed E-state index contributed by atoms with van der Waals surface area (Å²) in [5, 5.41) is 3.12. The summed E-state index contributed by atoms with van der Waals surface area (Å²) in [4.78, 5) is 27.8. The zero-order valence-electron chi connectivity index (χ0n) is 16.4. The molecule has 2 fully saturated rings. The second kappa shape index (κ2) is 8.17. The molecule has 1 saturated carbocycles. The Morgan fingerprint density at radius 2 is 1.79 bits per heavy atom. The Balaban J connectivity index is 1.54. The highest BCUT2D eigenvalue weighted by molar-refractivity contribution is 5.83. The summed E-state index contributed by atoms with van der Waals surface area (Å²) in [5.41, 5.74) is 3.38. The molecular formula is C24H28N2O2. The van der Waals surface area contributed by atoms with E-state index in [2.05, 4.69) is 36.5 Å². The van der Waals surface area contributed by atoms with Crippen molar-refractivity contribution < 1.29 is 9.59 Å². The molecule has 28 heavy (non-hydrogen) atoms. The molecule has 2 atom stereocenters. The highest BCUT2D eigenvalue weighted by atomic mass is 16.2. The van der Waals surface area contributed by atoms with Gasteiger partial charge in [-0.1, -0.05) is 60.2 Å². The van der Waals surface area contributed by atoms with E-state index in [1.165, 1.54) is 11.1 Å². The highest BCUT2D eigenvalue weighted by Crippen LogP contribution is 2.35. The number of carbonyl (C=O) groups excluding carboxylic acids is 2. The minimum absolute atomic E-state index is 0.0427. The number of piperidine rings is 1. The number of amides is 2. The summed E-state index contributed by atoms with van der Waals surface area (Å²) >= 11 is 0. The maximum Gasteiger partial charge on any atom is 0.227 e. The molecule has 0 radical (unpaired) electrons. The molecule has 146 valence electrons. The average Bonchev–Trinajstić information content (AvgIpc) is 3.52. The Kier molecular flexibility index (Phi) is 5.47. The van der Waals surface area contributed by atoms with Gasteiger partial charge in [-0.3, -0.25) is 9.59 Å². The highest BCUT2D eigenvalue weighted by Gasteiger charge is 2.37. The van der Waals surface area contributed by atoms with Crippen LogP contribution in [0.4, 0.5) is 0 Å². The number of benzene rings is 2. The number of rotatable bonds is 5. The first-order valence-corrected chi connectivity index (χ1v) is 10.3. The van der Waals surface area contributed by atoms with Crippen LogP contribution in [0.2, 0.25) is 0 Å². The quantitative estimate of drug-likeness (QED) is 0.863. The van der Waals surface area contributed by atoms with Crippen molar-refractivity contribution in [1.29, 1.82) is 0 Å². The summed E-state index contributed by atoms with van der Waals surface area (Å²) in [7, 11) is 0. The van der Waals surface area contributed by atoms with Gasteiger partial charge in [0.05, 0.1) is 18.4 Å². The molecule has 1 aliphatic heterocycles. The van der Waals surface area contributed by atoms with Crippen molar-refractivity contribution in [2.75, 3.05) is 6.54 Å². The van der Waals surface area contributed by atoms with Gasteiger partial charge in [0.2, 0.25) is 11.8 Å². The zero-order chi connectivity index (χ0) is 19.5. The van der Waals surface area contributed by atoms with E-state index in [0.717, 1.165) is 31.2 Å². The largest absolute Gasteiger partial charge is 0.353 e. The third-order valence-electron chi connectivity index (χ3n) is 5.82.